The van der Waals surface area contributed by atoms with Crippen molar-refractivity contribution in [2.45, 2.75) is 419 Å². The fourth-order valence-corrected chi connectivity index (χ4v) is 14.5. The molecule has 0 aromatic carbocycles. The van der Waals surface area contributed by atoms with E-state index in [9.17, 15) is 0 Å². The van der Waals surface area contributed by atoms with E-state index in [4.69, 9.17) is 33.2 Å². The highest BCUT2D eigenvalue weighted by Gasteiger charge is 2.48. The Balaban J connectivity index is 0.000000466. The zero-order valence-corrected chi connectivity index (χ0v) is 89.9. The van der Waals surface area contributed by atoms with Gasteiger partial charge in [-0.2, -0.15) is 0 Å². The average Bonchev–Trinajstić information content (AvgIpc) is 1.62. The normalized spacial score (nSPS) is 20.1. The molecule has 1 spiro atoms. The summed E-state index contributed by atoms with van der Waals surface area (Å²) in [4.78, 5) is 41.7. The highest BCUT2D eigenvalue weighted by Crippen LogP contribution is 2.43. The summed E-state index contributed by atoms with van der Waals surface area (Å²) in [5.41, 5.74) is 3.53. The first-order valence-electron chi connectivity index (χ1n) is 43.8. The van der Waals surface area contributed by atoms with E-state index < -0.39 is 5.54 Å². The van der Waals surface area contributed by atoms with Crippen LogP contribution in [-0.2, 0) is 23.7 Å². The van der Waals surface area contributed by atoms with Crippen molar-refractivity contribution in [3.05, 3.63) is 34.1 Å². The number of aliphatic hydroxyl groups excluding tert-OH is 1. The maximum absolute atomic E-state index is 9.03. The Bertz CT molecular complexity index is 3870. The molecule has 1 aliphatic carbocycles. The lowest BCUT2D eigenvalue weighted by atomic mass is 9.93. The molecule has 34 heteroatoms. The van der Waals surface area contributed by atoms with Gasteiger partial charge in [-0.25, -0.2) is 34.9 Å². The van der Waals surface area contributed by atoms with Gasteiger partial charge < -0.3 is 80.6 Å². The molecule has 29 nitrogen and oxygen atoms in total. The third-order valence-corrected chi connectivity index (χ3v) is 20.3. The number of amidine groups is 5. The maximum Gasteiger partial charge on any atom is 0.315 e. The second kappa shape index (κ2) is 47.4. The minimum Gasteiger partial charge on any atom is -0.480 e. The zero-order valence-electron chi connectivity index (χ0n) is 85.8. The van der Waals surface area contributed by atoms with Gasteiger partial charge in [-0.3, -0.25) is 9.98 Å². The fourth-order valence-electron chi connectivity index (χ4n) is 9.86. The Labute approximate surface area is 776 Å². The first kappa shape index (κ1) is 115. The summed E-state index contributed by atoms with van der Waals surface area (Å²) in [7, 11) is 2.01. The molecule has 0 amide bonds. The highest BCUT2D eigenvalue weighted by atomic mass is 32.2. The summed E-state index contributed by atoms with van der Waals surface area (Å²) in [6, 6.07) is 3.50. The first-order valence-corrected chi connectivity index (χ1v) is 48.4. The van der Waals surface area contributed by atoms with Gasteiger partial charge in [-0.1, -0.05) is 42.0 Å². The minimum absolute atomic E-state index is 0.00421. The van der Waals surface area contributed by atoms with Crippen LogP contribution in [0.15, 0.2) is 61.8 Å². The van der Waals surface area contributed by atoms with Gasteiger partial charge in [0.2, 0.25) is 11.0 Å². The SMILES string of the molecule is CC(C)(C)N=C1CCCS1.CC(C)(C)NC1=NC2(CC2)CO1.CC(C)(C)Nc1nccs1.CC(C)(C)Nc1nncs1.CC1(C)COC(=NC(C)(C)C)C1.CC1(C)CSC(NC(C)(C)C)=N1.CC1(CO)COC(NC(C)(C)C)=N1.CC1COC(NC(C)(C)C)=N1.CN(C1=NC(C)(C)CO1)C(C)(C)C.Cc1csc(NC(C)(C)C)n1.Cc1nnc(NC(C)(C)C)o1. The standard InChI is InChI=1S/C10H20N2O.C10H19NO.C9H18N2O2.C9H16N2O.C9H18N2S.C8H16N2O.C8H14N2S.C8H15NS.C7H13N3O.C7H12N2S.C6H11N3S/c1-9(2,3)12(6)8-11-10(4,5)7-13-8;1-9(2,3)11-8-6-10(4,5)7-12-8;1-8(2,3)10-7-11-9(4,5-12)6-13-7;1-8(2,3)10-7-11-9(4-5-9)6-12-7;1-8(2,3)10-7-11-9(4,5)6-12-7;2*1-6-5-11-7(9-6)10-8(2,3)4;1-8(2,3)9-7-5-4-6-10-7;1-5-9-10-6(11-5)8-7(2,3)4;1-7(2,3)9-6-8-4-5-10-6;1-6(2,3)8-5-9-7-4-10-5/h7H2,1-6H3;6-7H2,1-5H3;12H,5-6H2,1-4H3,(H,10,11);4-6H2,1-3H3,(H,10,11);6H2,1-5H3,(H,10,11);6H,5H2,1-4H3,(H,9,10);5H,1-4H3,(H,9,10);4-6H2,1-3H3;1-4H3,(H,8,10);4-5H,1-3H3,(H,8,9);4H,1-3H3,(H,8,9). The summed E-state index contributed by atoms with van der Waals surface area (Å²) >= 11 is 8.53. The third kappa shape index (κ3) is 57.9. The lowest BCUT2D eigenvalue weighted by Crippen LogP contribution is -2.42. The third-order valence-electron chi connectivity index (χ3n) is 15.7. The zero-order chi connectivity index (χ0) is 96.3. The number of thiazole rings is 2. The molecule has 125 heavy (non-hydrogen) atoms. The van der Waals surface area contributed by atoms with Crippen LogP contribution >= 0.6 is 57.5 Å². The van der Waals surface area contributed by atoms with Crippen LogP contribution in [0.4, 0.5) is 21.4 Å². The average molecular weight is 1850 g/mol. The summed E-state index contributed by atoms with van der Waals surface area (Å²) in [5.74, 6) is 3.87. The molecule has 3 fully saturated rings. The molecule has 11 heterocycles. The minimum atomic E-state index is -0.465. The molecule has 0 radical (unpaired) electrons. The molecule has 4 aromatic heterocycles. The van der Waals surface area contributed by atoms with Crippen LogP contribution in [0.25, 0.3) is 0 Å². The number of hydrogen-bond donors (Lipinski definition) is 9. The van der Waals surface area contributed by atoms with Gasteiger partial charge in [0.25, 0.3) is 24.1 Å². The van der Waals surface area contributed by atoms with E-state index in [0.717, 1.165) is 69.6 Å². The van der Waals surface area contributed by atoms with E-state index in [-0.39, 0.29) is 89.6 Å². The quantitative estimate of drug-likeness (QED) is 0.0896. The predicted molar refractivity (Wildman–Crippen MR) is 539 cm³/mol. The van der Waals surface area contributed by atoms with Gasteiger partial charge >= 0.3 is 6.01 Å². The lowest BCUT2D eigenvalue weighted by molar-refractivity contribution is 0.167. The number of aliphatic imine (C=N–C) groups is 7. The van der Waals surface area contributed by atoms with Crippen LogP contribution in [0.5, 0.6) is 0 Å². The van der Waals surface area contributed by atoms with Gasteiger partial charge in [-0.15, -0.1) is 49.7 Å². The molecule has 1 saturated carbocycles. The number of rotatable bonds is 5. The van der Waals surface area contributed by atoms with E-state index >= 15 is 0 Å². The van der Waals surface area contributed by atoms with Crippen molar-refractivity contribution >= 4 is 119 Å². The van der Waals surface area contributed by atoms with Crippen molar-refractivity contribution in [1.29, 1.82) is 0 Å². The number of aryl methyl sites for hydroxylation is 2. The number of aliphatic hydroxyl groups is 1. The summed E-state index contributed by atoms with van der Waals surface area (Å²) in [5, 5.41) is 59.2. The van der Waals surface area contributed by atoms with Crippen molar-refractivity contribution in [2.75, 3.05) is 79.5 Å². The Morgan fingerprint density at radius 3 is 1.39 bits per heavy atom. The predicted octanol–water partition coefficient (Wildman–Crippen LogP) is 20.8. The molecule has 0 bridgehead atoms. The molecule has 4 aromatic rings. The molecule has 12 rings (SSSR count). The maximum atomic E-state index is 9.03. The highest BCUT2D eigenvalue weighted by molar-refractivity contribution is 8.14. The lowest BCUT2D eigenvalue weighted by Gasteiger charge is -2.32. The van der Waals surface area contributed by atoms with Crippen molar-refractivity contribution in [1.82, 2.24) is 56.5 Å². The monoisotopic (exact) mass is 1850 g/mol. The van der Waals surface area contributed by atoms with E-state index in [1.807, 2.05) is 104 Å². The molecule has 9 N–H and O–H groups in total. The summed E-state index contributed by atoms with van der Waals surface area (Å²) in [6.07, 6.45) is 7.70. The van der Waals surface area contributed by atoms with Gasteiger partial charge in [-0.05, 0) is 308 Å². The van der Waals surface area contributed by atoms with Crippen molar-refractivity contribution in [2.24, 2.45) is 40.4 Å². The molecular formula is C91H172N22O7S5. The van der Waals surface area contributed by atoms with E-state index in [0.29, 0.717) is 49.8 Å². The molecule has 8 aliphatic rings. The Morgan fingerprint density at radius 1 is 0.512 bits per heavy atom. The van der Waals surface area contributed by atoms with Crippen LogP contribution in [0.2, 0.25) is 0 Å². The number of thioether (sulfide) groups is 2. The molecule has 2 unspecified atom stereocenters. The summed E-state index contributed by atoms with van der Waals surface area (Å²) < 4.78 is 32.2. The molecule has 2 atom stereocenters. The van der Waals surface area contributed by atoms with Crippen molar-refractivity contribution < 1.29 is 33.2 Å². The van der Waals surface area contributed by atoms with E-state index in [2.05, 4.69) is 341 Å². The van der Waals surface area contributed by atoms with E-state index in [1.165, 1.54) is 47.8 Å². The largest absolute Gasteiger partial charge is 0.480 e. The smallest absolute Gasteiger partial charge is 0.315 e. The molecule has 2 saturated heterocycles. The van der Waals surface area contributed by atoms with Gasteiger partial charge in [0.1, 0.15) is 43.0 Å². The fraction of sp³-hybridized carbons (Fsp3) is 0.813. The number of ether oxygens (including phenoxy) is 5. The van der Waals surface area contributed by atoms with Crippen LogP contribution in [0.1, 0.15) is 328 Å². The summed E-state index contributed by atoms with van der Waals surface area (Å²) in [6.45, 7) is 93.4. The molecule has 7 aliphatic heterocycles. The second-order valence-corrected chi connectivity index (χ2v) is 50.8. The molecular weight excluding hydrogens is 1670 g/mol. The van der Waals surface area contributed by atoms with Crippen LogP contribution < -0.4 is 42.5 Å². The van der Waals surface area contributed by atoms with Crippen molar-refractivity contribution in [3.8, 4) is 0 Å². The Morgan fingerprint density at radius 2 is 1.03 bits per heavy atom. The topological polar surface area (TPSA) is 343 Å². The van der Waals surface area contributed by atoms with Gasteiger partial charge in [0, 0.05) is 98.4 Å². The van der Waals surface area contributed by atoms with Crippen LogP contribution in [-0.4, -0.2) is 228 Å². The Kier molecular flexibility index (Phi) is 43.4. The van der Waals surface area contributed by atoms with Crippen molar-refractivity contribution in [3.63, 3.8) is 0 Å². The molecule has 718 valence electrons. The number of hydrogen-bond acceptors (Lipinski definition) is 34. The van der Waals surface area contributed by atoms with Gasteiger partial charge in [0.15, 0.2) is 21.3 Å². The second-order valence-electron chi connectivity index (χ2n) is 46.1. The Hall–Kier alpha value is -6.49. The number of nitrogens with one attached hydrogen (secondary N) is 8. The number of nitrogens with zero attached hydrogens (tertiary/aromatic N) is 14. The van der Waals surface area contributed by atoms with Crippen LogP contribution in [0.3, 0.4) is 0 Å². The first-order chi connectivity index (χ1) is 56.3. The number of aromatic nitrogens is 6. The number of anilines is 4. The van der Waals surface area contributed by atoms with Crippen LogP contribution in [0, 0.1) is 19.3 Å². The van der Waals surface area contributed by atoms with Gasteiger partial charge in [0.05, 0.1) is 52.1 Å². The van der Waals surface area contributed by atoms with E-state index in [1.54, 1.807) is 41.3 Å².